The minimum absolute atomic E-state index is 0.0903. The van der Waals surface area contributed by atoms with Crippen LogP contribution in [0.15, 0.2) is 24.3 Å². The van der Waals surface area contributed by atoms with Gasteiger partial charge in [0.15, 0.2) is 0 Å². The molecule has 0 unspecified atom stereocenters. The first kappa shape index (κ1) is 14.6. The van der Waals surface area contributed by atoms with Gasteiger partial charge in [-0.3, -0.25) is 0 Å². The molecule has 19 heavy (non-hydrogen) atoms. The topological polar surface area (TPSA) is 26.0 Å². The minimum Gasteiger partial charge on any atom is -0.321 e. The second kappa shape index (κ2) is 5.28. The number of nitrogens with two attached hydrogens (primary N) is 1. The van der Waals surface area contributed by atoms with Gasteiger partial charge in [0.1, 0.15) is 0 Å². The largest absolute Gasteiger partial charge is 0.321 e. The summed E-state index contributed by atoms with van der Waals surface area (Å²) in [5.41, 5.74) is 9.79. The molecule has 1 heteroatoms. The maximum atomic E-state index is 6.71. The summed E-state index contributed by atoms with van der Waals surface area (Å²) in [6.45, 7) is 9.29. The SMILES string of the molecule is CCc1cccc(C2(N)CCC(C(C)(C)C)CC2)c1. The Bertz CT molecular complexity index is 420. The minimum atomic E-state index is -0.0903. The molecule has 0 aromatic heterocycles. The van der Waals surface area contributed by atoms with Crippen molar-refractivity contribution in [1.82, 2.24) is 0 Å². The van der Waals surface area contributed by atoms with Gasteiger partial charge in [0, 0.05) is 5.54 Å². The fraction of sp³-hybridized carbons (Fsp3) is 0.667. The molecule has 0 saturated heterocycles. The highest BCUT2D eigenvalue weighted by atomic mass is 14.7. The van der Waals surface area contributed by atoms with Crippen molar-refractivity contribution in [3.63, 3.8) is 0 Å². The van der Waals surface area contributed by atoms with Crippen LogP contribution >= 0.6 is 0 Å². The van der Waals surface area contributed by atoms with Gasteiger partial charge < -0.3 is 5.73 Å². The van der Waals surface area contributed by atoms with Crippen LogP contribution in [0.1, 0.15) is 64.5 Å². The Morgan fingerprint density at radius 2 is 1.84 bits per heavy atom. The Hall–Kier alpha value is -0.820. The maximum Gasteiger partial charge on any atom is 0.0409 e. The lowest BCUT2D eigenvalue weighted by Crippen LogP contribution is -2.42. The molecule has 1 aromatic rings. The molecule has 2 rings (SSSR count). The van der Waals surface area contributed by atoms with Crippen LogP contribution in [0.3, 0.4) is 0 Å². The van der Waals surface area contributed by atoms with E-state index in [-0.39, 0.29) is 5.54 Å². The third kappa shape index (κ3) is 3.20. The summed E-state index contributed by atoms with van der Waals surface area (Å²) in [5, 5.41) is 0. The van der Waals surface area contributed by atoms with Gasteiger partial charge in [0.25, 0.3) is 0 Å². The van der Waals surface area contributed by atoms with E-state index in [2.05, 4.69) is 52.0 Å². The zero-order chi connectivity index (χ0) is 14.1. The first-order valence-electron chi connectivity index (χ1n) is 7.73. The monoisotopic (exact) mass is 259 g/mol. The van der Waals surface area contributed by atoms with Crippen LogP contribution in [0.25, 0.3) is 0 Å². The highest BCUT2D eigenvalue weighted by molar-refractivity contribution is 5.30. The molecule has 0 amide bonds. The molecule has 1 aliphatic carbocycles. The summed E-state index contributed by atoms with van der Waals surface area (Å²) in [5.74, 6) is 0.818. The molecule has 1 saturated carbocycles. The van der Waals surface area contributed by atoms with Crippen LogP contribution in [0.2, 0.25) is 0 Å². The van der Waals surface area contributed by atoms with Crippen molar-refractivity contribution in [3.05, 3.63) is 35.4 Å². The molecule has 0 radical (unpaired) electrons. The molecule has 1 fully saturated rings. The van der Waals surface area contributed by atoms with Crippen LogP contribution in [-0.2, 0) is 12.0 Å². The predicted octanol–water partition coefficient (Wildman–Crippen LogP) is 4.64. The molecular weight excluding hydrogens is 230 g/mol. The number of aryl methyl sites for hydroxylation is 1. The van der Waals surface area contributed by atoms with Crippen LogP contribution in [-0.4, -0.2) is 0 Å². The van der Waals surface area contributed by atoms with E-state index >= 15 is 0 Å². The Balaban J connectivity index is 2.13. The maximum absolute atomic E-state index is 6.71. The molecule has 106 valence electrons. The van der Waals surface area contributed by atoms with Crippen molar-refractivity contribution in [2.45, 2.75) is 65.3 Å². The Morgan fingerprint density at radius 1 is 1.21 bits per heavy atom. The average molecular weight is 259 g/mol. The first-order chi connectivity index (χ1) is 8.85. The third-order valence-electron chi connectivity index (χ3n) is 5.01. The van der Waals surface area contributed by atoms with Gasteiger partial charge in [0.05, 0.1) is 0 Å². The molecule has 1 aliphatic rings. The van der Waals surface area contributed by atoms with E-state index in [1.54, 1.807) is 0 Å². The number of benzene rings is 1. The summed E-state index contributed by atoms with van der Waals surface area (Å²) in [6.07, 6.45) is 5.87. The number of hydrogen-bond donors (Lipinski definition) is 1. The van der Waals surface area contributed by atoms with E-state index in [0.717, 1.165) is 25.2 Å². The molecule has 0 atom stereocenters. The fourth-order valence-electron chi connectivity index (χ4n) is 3.39. The summed E-state index contributed by atoms with van der Waals surface area (Å²) >= 11 is 0. The average Bonchev–Trinajstić information content (AvgIpc) is 2.38. The van der Waals surface area contributed by atoms with E-state index in [9.17, 15) is 0 Å². The van der Waals surface area contributed by atoms with Crippen LogP contribution < -0.4 is 5.73 Å². The third-order valence-corrected chi connectivity index (χ3v) is 5.01. The Kier molecular flexibility index (Phi) is 4.06. The van der Waals surface area contributed by atoms with Crippen LogP contribution in [0.4, 0.5) is 0 Å². The molecule has 0 heterocycles. The molecule has 1 aromatic carbocycles. The number of rotatable bonds is 2. The van der Waals surface area contributed by atoms with Crippen molar-refractivity contribution >= 4 is 0 Å². The lowest BCUT2D eigenvalue weighted by molar-refractivity contribution is 0.134. The van der Waals surface area contributed by atoms with Crippen molar-refractivity contribution in [1.29, 1.82) is 0 Å². The predicted molar refractivity (Wildman–Crippen MR) is 83.1 cm³/mol. The summed E-state index contributed by atoms with van der Waals surface area (Å²) < 4.78 is 0. The highest BCUT2D eigenvalue weighted by Crippen LogP contribution is 2.44. The van der Waals surface area contributed by atoms with Gasteiger partial charge in [-0.2, -0.15) is 0 Å². The number of hydrogen-bond acceptors (Lipinski definition) is 1. The van der Waals surface area contributed by atoms with Gasteiger partial charge in [0.2, 0.25) is 0 Å². The van der Waals surface area contributed by atoms with Crippen molar-refractivity contribution in [2.75, 3.05) is 0 Å². The Labute approximate surface area is 118 Å². The molecule has 1 nitrogen and oxygen atoms in total. The highest BCUT2D eigenvalue weighted by Gasteiger charge is 2.37. The van der Waals surface area contributed by atoms with Gasteiger partial charge in [-0.25, -0.2) is 0 Å². The summed E-state index contributed by atoms with van der Waals surface area (Å²) in [7, 11) is 0. The zero-order valence-electron chi connectivity index (χ0n) is 13.0. The molecular formula is C18H29N. The van der Waals surface area contributed by atoms with E-state index < -0.39 is 0 Å². The molecule has 0 bridgehead atoms. The first-order valence-corrected chi connectivity index (χ1v) is 7.73. The van der Waals surface area contributed by atoms with E-state index in [0.29, 0.717) is 5.41 Å². The second-order valence-corrected chi connectivity index (χ2v) is 7.35. The second-order valence-electron chi connectivity index (χ2n) is 7.35. The van der Waals surface area contributed by atoms with Gasteiger partial charge in [-0.1, -0.05) is 52.0 Å². The quantitative estimate of drug-likeness (QED) is 0.822. The van der Waals surface area contributed by atoms with Gasteiger partial charge >= 0.3 is 0 Å². The molecule has 0 spiro atoms. The summed E-state index contributed by atoms with van der Waals surface area (Å²) in [4.78, 5) is 0. The van der Waals surface area contributed by atoms with Gasteiger partial charge in [-0.05, 0) is 54.6 Å². The molecule has 0 aliphatic heterocycles. The fourth-order valence-corrected chi connectivity index (χ4v) is 3.39. The summed E-state index contributed by atoms with van der Waals surface area (Å²) in [6, 6.07) is 8.90. The van der Waals surface area contributed by atoms with Crippen LogP contribution in [0.5, 0.6) is 0 Å². The van der Waals surface area contributed by atoms with Crippen molar-refractivity contribution < 1.29 is 0 Å². The van der Waals surface area contributed by atoms with Crippen molar-refractivity contribution in [2.24, 2.45) is 17.1 Å². The van der Waals surface area contributed by atoms with E-state index in [4.69, 9.17) is 5.73 Å². The lowest BCUT2D eigenvalue weighted by Gasteiger charge is -2.42. The van der Waals surface area contributed by atoms with Gasteiger partial charge in [-0.15, -0.1) is 0 Å². The smallest absolute Gasteiger partial charge is 0.0409 e. The lowest BCUT2D eigenvalue weighted by atomic mass is 9.66. The van der Waals surface area contributed by atoms with E-state index in [1.165, 1.54) is 24.0 Å². The molecule has 2 N–H and O–H groups in total. The van der Waals surface area contributed by atoms with Crippen molar-refractivity contribution in [3.8, 4) is 0 Å². The van der Waals surface area contributed by atoms with E-state index in [1.807, 2.05) is 0 Å². The Morgan fingerprint density at radius 3 is 2.37 bits per heavy atom. The van der Waals surface area contributed by atoms with Crippen LogP contribution in [0, 0.1) is 11.3 Å². The standard InChI is InChI=1S/C18H29N/c1-5-14-7-6-8-16(13-14)18(19)11-9-15(10-12-18)17(2,3)4/h6-8,13,15H,5,9-12,19H2,1-4H3. The normalized spacial score (nSPS) is 28.4. The zero-order valence-corrected chi connectivity index (χ0v) is 13.0.